The monoisotopic (exact) mass is 772 g/mol. The van der Waals surface area contributed by atoms with E-state index >= 15 is 0 Å². The lowest BCUT2D eigenvalue weighted by Gasteiger charge is -2.19. The molecule has 0 aromatic heterocycles. The molecule has 4 N–H and O–H groups in total. The zero-order valence-electron chi connectivity index (χ0n) is 32.4. The van der Waals surface area contributed by atoms with E-state index in [-0.39, 0.29) is 48.7 Å². The number of rotatable bonds is 10. The summed E-state index contributed by atoms with van der Waals surface area (Å²) >= 11 is 0. The van der Waals surface area contributed by atoms with Crippen LogP contribution in [0.2, 0.25) is 0 Å². The van der Waals surface area contributed by atoms with Crippen molar-refractivity contribution in [2.45, 2.75) is 38.5 Å². The Kier molecular flexibility index (Phi) is 11.6. The summed E-state index contributed by atoms with van der Waals surface area (Å²) in [6.07, 6.45) is 5.29. The van der Waals surface area contributed by atoms with Gasteiger partial charge in [0.1, 0.15) is 34.5 Å². The molecule has 58 heavy (non-hydrogen) atoms. The van der Waals surface area contributed by atoms with E-state index in [9.17, 15) is 20.4 Å². The Labute approximate surface area is 337 Å². The molecule has 0 heterocycles. The Morgan fingerprint density at radius 2 is 0.690 bits per heavy atom. The molecule has 0 amide bonds. The van der Waals surface area contributed by atoms with Gasteiger partial charge in [-0.1, -0.05) is 36.4 Å². The van der Waals surface area contributed by atoms with Gasteiger partial charge in [-0.15, -0.1) is 13.2 Å². The van der Waals surface area contributed by atoms with Gasteiger partial charge in [0.15, 0.2) is 0 Å². The van der Waals surface area contributed by atoms with Crippen LogP contribution >= 0.6 is 0 Å². The molecule has 8 bridgehead atoms. The van der Waals surface area contributed by atoms with Crippen LogP contribution < -0.4 is 9.47 Å². The molecule has 7 rings (SSSR count). The van der Waals surface area contributed by atoms with E-state index in [1.54, 1.807) is 99.2 Å². The van der Waals surface area contributed by atoms with Crippen LogP contribution in [0.4, 0.5) is 22.7 Å². The summed E-state index contributed by atoms with van der Waals surface area (Å²) in [5, 5.41) is 65.7. The predicted molar refractivity (Wildman–Crippen MR) is 226 cm³/mol. The van der Waals surface area contributed by atoms with Crippen molar-refractivity contribution < 1.29 is 29.9 Å². The molecule has 0 saturated carbocycles. The minimum Gasteiger partial charge on any atom is -0.507 e. The molecular weight excluding hydrogens is 729 g/mol. The van der Waals surface area contributed by atoms with Crippen LogP contribution in [0, 0.1) is 0 Å². The first-order chi connectivity index (χ1) is 28.1. The van der Waals surface area contributed by atoms with E-state index in [1.807, 2.05) is 24.3 Å². The maximum Gasteiger partial charge on any atom is 0.122 e. The van der Waals surface area contributed by atoms with Gasteiger partial charge in [-0.25, -0.2) is 0 Å². The summed E-state index contributed by atoms with van der Waals surface area (Å²) in [6.45, 7) is 7.87. The van der Waals surface area contributed by atoms with E-state index in [4.69, 9.17) is 9.47 Å². The molecule has 10 heteroatoms. The van der Waals surface area contributed by atoms with Crippen molar-refractivity contribution in [2.24, 2.45) is 20.5 Å². The second kappa shape index (κ2) is 17.3. The van der Waals surface area contributed by atoms with Gasteiger partial charge in [0.2, 0.25) is 0 Å². The van der Waals surface area contributed by atoms with Gasteiger partial charge in [0.25, 0.3) is 0 Å². The van der Waals surface area contributed by atoms with Crippen LogP contribution in [0.3, 0.4) is 0 Å². The van der Waals surface area contributed by atoms with E-state index in [0.717, 1.165) is 11.1 Å². The highest BCUT2D eigenvalue weighted by atomic mass is 16.5. The molecule has 10 nitrogen and oxygen atoms in total. The topological polar surface area (TPSA) is 149 Å². The summed E-state index contributed by atoms with van der Waals surface area (Å²) < 4.78 is 10.6. The maximum atomic E-state index is 12.0. The minimum absolute atomic E-state index is 0.00583. The van der Waals surface area contributed by atoms with Crippen LogP contribution in [0.5, 0.6) is 34.5 Å². The van der Waals surface area contributed by atoms with Crippen molar-refractivity contribution in [3.05, 3.63) is 178 Å². The number of hydrogen-bond acceptors (Lipinski definition) is 10. The first-order valence-electron chi connectivity index (χ1n) is 18.8. The van der Waals surface area contributed by atoms with E-state index in [2.05, 4.69) is 33.6 Å². The van der Waals surface area contributed by atoms with Crippen LogP contribution in [-0.4, -0.2) is 34.6 Å². The number of methoxy groups -OCH3 is 2. The van der Waals surface area contributed by atoms with Gasteiger partial charge >= 0.3 is 0 Å². The van der Waals surface area contributed by atoms with Gasteiger partial charge in [-0.3, -0.25) is 0 Å². The lowest BCUT2D eigenvalue weighted by Crippen LogP contribution is -2.03. The Hall–Kier alpha value is -7.20. The quantitative estimate of drug-likeness (QED) is 0.0803. The number of azo groups is 2. The number of benzene rings is 6. The van der Waals surface area contributed by atoms with E-state index < -0.39 is 0 Å². The van der Waals surface area contributed by atoms with Crippen molar-refractivity contribution >= 4 is 22.7 Å². The average Bonchev–Trinajstić information content (AvgIpc) is 3.22. The summed E-state index contributed by atoms with van der Waals surface area (Å²) in [5.41, 5.74) is 8.31. The summed E-state index contributed by atoms with van der Waals surface area (Å²) in [5.74, 6) is 1.50. The zero-order chi connectivity index (χ0) is 40.8. The molecule has 1 aliphatic carbocycles. The van der Waals surface area contributed by atoms with Gasteiger partial charge in [-0.05, 0) is 119 Å². The predicted octanol–water partition coefficient (Wildman–Crippen LogP) is 11.5. The molecular formula is C48H44N4O6. The van der Waals surface area contributed by atoms with Crippen molar-refractivity contribution in [1.29, 1.82) is 0 Å². The van der Waals surface area contributed by atoms with Crippen LogP contribution in [0.1, 0.15) is 55.6 Å². The molecule has 0 atom stereocenters. The lowest BCUT2D eigenvalue weighted by molar-refractivity contribution is 0.414. The zero-order valence-corrected chi connectivity index (χ0v) is 32.4. The molecule has 0 unspecified atom stereocenters. The van der Waals surface area contributed by atoms with Crippen LogP contribution in [0.25, 0.3) is 0 Å². The van der Waals surface area contributed by atoms with Gasteiger partial charge in [0, 0.05) is 47.9 Å². The Bertz CT molecular complexity index is 2380. The number of allylic oxidation sites excluding steroid dienone is 2. The van der Waals surface area contributed by atoms with Crippen LogP contribution in [0.15, 0.2) is 143 Å². The van der Waals surface area contributed by atoms with Gasteiger partial charge < -0.3 is 29.9 Å². The third kappa shape index (κ3) is 8.76. The summed E-state index contributed by atoms with van der Waals surface area (Å²) in [6, 6.07) is 28.9. The van der Waals surface area contributed by atoms with Crippen LogP contribution in [-0.2, 0) is 38.5 Å². The summed E-state index contributed by atoms with van der Waals surface area (Å²) in [4.78, 5) is 0. The Balaban J connectivity index is 1.43. The number of phenolic OH excluding ortho intramolecular Hbond substituents is 4. The largest absolute Gasteiger partial charge is 0.507 e. The third-order valence-electron chi connectivity index (χ3n) is 10.2. The van der Waals surface area contributed by atoms with E-state index in [1.165, 1.54) is 0 Å². The normalized spacial score (nSPS) is 12.4. The first-order valence-corrected chi connectivity index (χ1v) is 18.8. The van der Waals surface area contributed by atoms with Crippen molar-refractivity contribution in [3.63, 3.8) is 0 Å². The average molecular weight is 773 g/mol. The first kappa shape index (κ1) is 39.1. The molecule has 6 aromatic rings. The molecule has 1 aliphatic rings. The highest BCUT2D eigenvalue weighted by Gasteiger charge is 2.22. The smallest absolute Gasteiger partial charge is 0.122 e. The molecule has 0 saturated heterocycles. The number of phenols is 4. The Morgan fingerprint density at radius 3 is 0.948 bits per heavy atom. The van der Waals surface area contributed by atoms with Gasteiger partial charge in [0.05, 0.1) is 37.0 Å². The highest BCUT2D eigenvalue weighted by molar-refractivity contribution is 5.62. The van der Waals surface area contributed by atoms with Crippen molar-refractivity contribution in [2.75, 3.05) is 14.2 Å². The third-order valence-corrected chi connectivity index (χ3v) is 10.2. The minimum atomic E-state index is -0.00583. The lowest BCUT2D eigenvalue weighted by atomic mass is 9.89. The number of ether oxygens (including phenoxy) is 2. The molecule has 6 aromatic carbocycles. The molecule has 0 fully saturated rings. The number of nitrogens with zero attached hydrogens (tertiary/aromatic N) is 4. The van der Waals surface area contributed by atoms with Gasteiger partial charge in [-0.2, -0.15) is 20.5 Å². The fourth-order valence-electron chi connectivity index (χ4n) is 7.26. The van der Waals surface area contributed by atoms with Crippen molar-refractivity contribution in [1.82, 2.24) is 0 Å². The number of aromatic hydroxyl groups is 4. The fraction of sp³-hybridized carbons (Fsp3) is 0.167. The SMILES string of the molecule is C=CCc1cc2c(O)c(c1)Cc1cc(N=Nc3ccc(OC)cc3)cc(c1O)Cc1cc(N=Nc3ccc(OC)cc3)cc(c1O)Cc1cc(CC=C)cc(c1O)C2. The molecule has 0 radical (unpaired) electrons. The standard InChI is InChI=1S/C48H44N4O6/c1-5-7-29-17-31-21-32-18-30(8-6-2)20-34(46(32)54)23-36-26-42(52-50-40-11-15-44(58-4)16-12-40)28-38(48(36)56)24-37-27-41(51-49-39-9-13-43(57-3)14-10-39)25-35(47(37)55)22-33(19-29)45(31)53/h5-6,9-20,25-28,53-56H,1-2,7-8,21-24H2,3-4H3. The van der Waals surface area contributed by atoms with Crippen molar-refractivity contribution in [3.8, 4) is 34.5 Å². The second-order valence-electron chi connectivity index (χ2n) is 14.2. The molecule has 0 spiro atoms. The summed E-state index contributed by atoms with van der Waals surface area (Å²) in [7, 11) is 3.19. The van der Waals surface area contributed by atoms with E-state index in [0.29, 0.717) is 91.6 Å². The number of hydrogen-bond donors (Lipinski definition) is 4. The maximum absolute atomic E-state index is 12.0. The second-order valence-corrected chi connectivity index (χ2v) is 14.2. The highest BCUT2D eigenvalue weighted by Crippen LogP contribution is 2.41. The Morgan fingerprint density at radius 1 is 0.431 bits per heavy atom. The number of fused-ring (bicyclic) bond motifs is 8. The molecule has 0 aliphatic heterocycles. The fourth-order valence-corrected chi connectivity index (χ4v) is 7.26. The molecule has 292 valence electrons.